The maximum absolute atomic E-state index is 11.9. The van der Waals surface area contributed by atoms with Crippen LogP contribution in [0, 0.1) is 52.3 Å². The molecule has 28 nitrogen and oxygen atoms in total. The first-order chi connectivity index (χ1) is 40.4. The van der Waals surface area contributed by atoms with E-state index in [0.717, 1.165) is 38.5 Å². The summed E-state index contributed by atoms with van der Waals surface area (Å²) in [6.45, 7) is 5.72. The lowest BCUT2D eigenvalue weighted by Gasteiger charge is -2.61. The van der Waals surface area contributed by atoms with E-state index in [4.69, 9.17) is 56.8 Å². The van der Waals surface area contributed by atoms with Crippen molar-refractivity contribution in [2.24, 2.45) is 52.3 Å². The number of aliphatic hydroxyl groups excluding tert-OH is 16. The number of fused-ring (bicyclic) bond motifs is 7. The van der Waals surface area contributed by atoms with Gasteiger partial charge in [-0.05, 0) is 104 Å². The van der Waals surface area contributed by atoms with Gasteiger partial charge in [0.25, 0.3) is 0 Å². The summed E-state index contributed by atoms with van der Waals surface area (Å²) in [4.78, 5) is 0. The van der Waals surface area contributed by atoms with Crippen molar-refractivity contribution in [3.05, 3.63) is 0 Å². The van der Waals surface area contributed by atoms with Gasteiger partial charge in [0.2, 0.25) is 0 Å². The average molecular weight is 1230 g/mol. The molecule has 4 saturated carbocycles. The Hall–Kier alpha value is -1.12. The van der Waals surface area contributed by atoms with Crippen LogP contribution < -0.4 is 0 Å². The third kappa shape index (κ3) is 12.3. The number of hydrogen-bond acceptors (Lipinski definition) is 28. The van der Waals surface area contributed by atoms with Crippen LogP contribution in [0.5, 0.6) is 0 Å². The Morgan fingerprint density at radius 3 is 1.73 bits per heavy atom. The van der Waals surface area contributed by atoms with E-state index in [1.54, 1.807) is 7.11 Å². The van der Waals surface area contributed by atoms with Crippen molar-refractivity contribution < 1.29 is 139 Å². The highest BCUT2D eigenvalue weighted by molar-refractivity contribution is 5.15. The van der Waals surface area contributed by atoms with E-state index >= 15 is 0 Å². The quantitative estimate of drug-likeness (QED) is 0.0540. The average Bonchev–Trinajstić information content (AvgIpc) is 1.60. The molecule has 492 valence electrons. The van der Waals surface area contributed by atoms with Gasteiger partial charge in [0.05, 0.1) is 51.8 Å². The molecule has 16 N–H and O–H groups in total. The van der Waals surface area contributed by atoms with E-state index in [2.05, 4.69) is 20.8 Å². The van der Waals surface area contributed by atoms with E-state index < -0.39 is 192 Å². The summed E-state index contributed by atoms with van der Waals surface area (Å²) in [7, 11) is 1.71. The van der Waals surface area contributed by atoms with Gasteiger partial charge < -0.3 is 139 Å². The van der Waals surface area contributed by atoms with Crippen LogP contribution in [0.4, 0.5) is 0 Å². The smallest absolute Gasteiger partial charge is 0.187 e. The molecule has 10 rings (SSSR count). The molecule has 0 spiro atoms. The molecule has 0 amide bonds. The van der Waals surface area contributed by atoms with Gasteiger partial charge in [-0.25, -0.2) is 0 Å². The van der Waals surface area contributed by atoms with Gasteiger partial charge in [0, 0.05) is 19.4 Å². The Morgan fingerprint density at radius 1 is 0.518 bits per heavy atom. The molecule has 0 aromatic heterocycles. The SMILES string of the molecule is CO[C@]1(CC[C@H](C)CO[C@@H]2O[C@H](CO)[C@@H](O)[C@H](O)[C@H]2O)O[C@H]2C[C@H]3[C@@H]4CC[C@@H]5C[C@@H](O[C@@H]6O[C@H](CO)[C@H](O[C@@H]7O[C@H](CO)[C@@H](O)[C@H](O[C@@H]8OC[C@@H](O)[C@H](O)[C@H]8O)[C@H]7O[C@@H]7O[C@H](CO)[C@@H](O)[C@H](O)[C@H]7O)[C@H](O)[C@H]6O)CC[C@]5(C)[C@H]4CC[C@]3(C)[C@H]2[C@@H]1C. The second kappa shape index (κ2) is 26.8. The molecule has 10 fully saturated rings. The lowest BCUT2D eigenvalue weighted by atomic mass is 9.44. The summed E-state index contributed by atoms with van der Waals surface area (Å²) in [6.07, 6.45) is -32.1. The molecule has 0 radical (unpaired) electrons. The topological polar surface area (TPSA) is 434 Å². The summed E-state index contributed by atoms with van der Waals surface area (Å²) >= 11 is 0. The molecule has 0 aromatic carbocycles. The van der Waals surface area contributed by atoms with Crippen LogP contribution in [0.15, 0.2) is 0 Å². The molecular weight excluding hydrogens is 1130 g/mol. The van der Waals surface area contributed by atoms with Crippen molar-refractivity contribution in [3.63, 3.8) is 0 Å². The standard InChI is InChI=1S/C57H96O28/c1-22(20-75-50-44(71)40(67)37(64)31(16-58)78-50)8-13-57(74-5)23(2)35-30(85-57)15-28-26-7-6-24-14-25(9-11-55(24,3)27(26)10-12-56(28,35)4)77-52-46(73)42(69)47(34(19-61)81-52)82-54-49(84-53-45(72)41(68)38(65)32(17-59)79-53)48(39(66)33(18-60)80-54)83-51-43(70)36(63)29(62)21-76-51/h22-54,58-73H,6-21H2,1-5H3/t22-,23-,24+,25-,26+,27-,28-,29+,30-,31+,32+,33+,34+,35-,36-,37+,38+,39+,40-,41-,42+,43+,44+,45+,46+,47-,48-,49+,50+,51-,52+,53-,54-,55-,56-,57+/m0/s1. The number of ether oxygens (including phenoxy) is 12. The summed E-state index contributed by atoms with van der Waals surface area (Å²) in [6, 6.07) is 0. The molecule has 36 atom stereocenters. The van der Waals surface area contributed by atoms with Crippen LogP contribution >= 0.6 is 0 Å². The normalized spacial score (nSPS) is 54.9. The Kier molecular flexibility index (Phi) is 21.1. The van der Waals surface area contributed by atoms with Gasteiger partial charge >= 0.3 is 0 Å². The fourth-order valence-electron chi connectivity index (χ4n) is 17.2. The van der Waals surface area contributed by atoms with Crippen molar-refractivity contribution in [1.82, 2.24) is 0 Å². The van der Waals surface area contributed by atoms with Crippen molar-refractivity contribution in [3.8, 4) is 0 Å². The highest BCUT2D eigenvalue weighted by atomic mass is 16.8. The lowest BCUT2D eigenvalue weighted by Crippen LogP contribution is -2.68. The minimum Gasteiger partial charge on any atom is -0.394 e. The largest absolute Gasteiger partial charge is 0.394 e. The maximum atomic E-state index is 11.9. The van der Waals surface area contributed by atoms with Crippen LogP contribution in [0.2, 0.25) is 0 Å². The molecule has 4 aliphatic carbocycles. The van der Waals surface area contributed by atoms with E-state index in [1.165, 1.54) is 0 Å². The second-order valence-corrected chi connectivity index (χ2v) is 26.8. The van der Waals surface area contributed by atoms with E-state index in [1.807, 2.05) is 6.92 Å². The summed E-state index contributed by atoms with van der Waals surface area (Å²) in [5.41, 5.74) is 0.0173. The molecule has 6 heterocycles. The zero-order valence-electron chi connectivity index (χ0n) is 48.9. The first kappa shape index (κ1) is 66.8. The summed E-state index contributed by atoms with van der Waals surface area (Å²) in [5, 5.41) is 170. The highest BCUT2D eigenvalue weighted by Crippen LogP contribution is 2.71. The lowest BCUT2D eigenvalue weighted by molar-refractivity contribution is -0.404. The third-order valence-electron chi connectivity index (χ3n) is 22.1. The number of hydrogen-bond donors (Lipinski definition) is 16. The number of rotatable bonds is 19. The Morgan fingerprint density at radius 2 is 1.07 bits per heavy atom. The van der Waals surface area contributed by atoms with Crippen molar-refractivity contribution in [2.75, 3.05) is 46.8 Å². The summed E-state index contributed by atoms with van der Waals surface area (Å²) < 4.78 is 72.8. The van der Waals surface area contributed by atoms with Gasteiger partial charge in [0.1, 0.15) is 116 Å². The van der Waals surface area contributed by atoms with E-state index in [-0.39, 0.29) is 47.2 Å². The predicted octanol–water partition coefficient (Wildman–Crippen LogP) is -4.84. The second-order valence-electron chi connectivity index (χ2n) is 26.8. The Bertz CT molecular complexity index is 2150. The molecule has 0 bridgehead atoms. The predicted molar refractivity (Wildman–Crippen MR) is 283 cm³/mol. The van der Waals surface area contributed by atoms with Crippen molar-refractivity contribution in [2.45, 2.75) is 257 Å². The first-order valence-corrected chi connectivity index (χ1v) is 30.7. The summed E-state index contributed by atoms with van der Waals surface area (Å²) in [5.74, 6) is 1.23. The van der Waals surface area contributed by atoms with Gasteiger partial charge in [0.15, 0.2) is 37.2 Å². The molecule has 10 aliphatic rings. The zero-order valence-corrected chi connectivity index (χ0v) is 48.9. The molecule has 0 aromatic rings. The fourth-order valence-corrected chi connectivity index (χ4v) is 17.2. The van der Waals surface area contributed by atoms with Crippen LogP contribution in [-0.4, -0.2) is 294 Å². The minimum atomic E-state index is -2.02. The van der Waals surface area contributed by atoms with Crippen molar-refractivity contribution in [1.29, 1.82) is 0 Å². The molecule has 0 unspecified atom stereocenters. The minimum absolute atomic E-state index is 0.00540. The fraction of sp³-hybridized carbons (Fsp3) is 1.00. The van der Waals surface area contributed by atoms with Crippen LogP contribution in [-0.2, 0) is 56.8 Å². The van der Waals surface area contributed by atoms with Crippen LogP contribution in [0.1, 0.15) is 91.9 Å². The molecule has 28 heteroatoms. The zero-order chi connectivity index (χ0) is 61.4. The highest BCUT2D eigenvalue weighted by Gasteiger charge is 2.69. The van der Waals surface area contributed by atoms with Gasteiger partial charge in [-0.1, -0.05) is 27.7 Å². The third-order valence-corrected chi connectivity index (χ3v) is 22.1. The Balaban J connectivity index is 0.764. The Labute approximate surface area is 493 Å². The van der Waals surface area contributed by atoms with Gasteiger partial charge in [-0.2, -0.15) is 0 Å². The van der Waals surface area contributed by atoms with Gasteiger partial charge in [-0.15, -0.1) is 0 Å². The monoisotopic (exact) mass is 1230 g/mol. The molecule has 6 aliphatic heterocycles. The van der Waals surface area contributed by atoms with Gasteiger partial charge in [-0.3, -0.25) is 0 Å². The van der Waals surface area contributed by atoms with Crippen molar-refractivity contribution >= 4 is 0 Å². The first-order valence-electron chi connectivity index (χ1n) is 30.7. The van der Waals surface area contributed by atoms with Crippen LogP contribution in [0.3, 0.4) is 0 Å². The van der Waals surface area contributed by atoms with E-state index in [9.17, 15) is 81.7 Å². The molecule has 6 saturated heterocycles. The van der Waals surface area contributed by atoms with Crippen LogP contribution in [0.25, 0.3) is 0 Å². The number of methoxy groups -OCH3 is 1. The molecular formula is C57H96O28. The van der Waals surface area contributed by atoms with E-state index in [0.29, 0.717) is 43.4 Å². The molecule has 85 heavy (non-hydrogen) atoms. The number of aliphatic hydroxyl groups is 16. The maximum Gasteiger partial charge on any atom is 0.187 e.